The highest BCUT2D eigenvalue weighted by atomic mass is 79.9. The van der Waals surface area contributed by atoms with Gasteiger partial charge in [0.1, 0.15) is 0 Å². The van der Waals surface area contributed by atoms with E-state index in [4.69, 9.17) is 0 Å². The first-order valence-electron chi connectivity index (χ1n) is 7.64. The number of ketones is 1. The van der Waals surface area contributed by atoms with Crippen LogP contribution < -0.4 is 5.32 Å². The van der Waals surface area contributed by atoms with Crippen LogP contribution in [0.2, 0.25) is 0 Å². The molecule has 0 bridgehead atoms. The van der Waals surface area contributed by atoms with Crippen molar-refractivity contribution in [2.24, 2.45) is 5.92 Å². The fraction of sp³-hybridized carbons (Fsp3) is 0.412. The van der Waals surface area contributed by atoms with Gasteiger partial charge >= 0.3 is 0 Å². The zero-order valence-electron chi connectivity index (χ0n) is 13.0. The van der Waals surface area contributed by atoms with Gasteiger partial charge in [-0.2, -0.15) is 0 Å². The number of hydrogen-bond acceptors (Lipinski definition) is 3. The Hall–Kier alpha value is -0.980. The quantitative estimate of drug-likeness (QED) is 0.718. The molecule has 1 aromatic heterocycles. The summed E-state index contributed by atoms with van der Waals surface area (Å²) in [6, 6.07) is 10.3. The van der Waals surface area contributed by atoms with Crippen molar-refractivity contribution in [1.29, 1.82) is 0 Å². The number of nitrogens with one attached hydrogen (secondary N) is 1. The van der Waals surface area contributed by atoms with Gasteiger partial charge in [0, 0.05) is 24.9 Å². The standard InChI is InChI=1S/C17H21N3O.2BrH/c21-16(15-6-9-18-10-7-15)17-19-11-13-20(17)12-8-14-4-2-1-3-5-14;;/h1-5,11,13,15,18H,6-10,12H2;2*1H. The maximum Gasteiger partial charge on any atom is 0.201 e. The number of piperidine rings is 1. The van der Waals surface area contributed by atoms with Gasteiger partial charge in [-0.05, 0) is 37.9 Å². The Morgan fingerprint density at radius 3 is 2.57 bits per heavy atom. The first-order chi connectivity index (χ1) is 10.3. The van der Waals surface area contributed by atoms with E-state index in [1.807, 2.05) is 29.0 Å². The van der Waals surface area contributed by atoms with E-state index in [-0.39, 0.29) is 45.7 Å². The number of imidazole rings is 1. The van der Waals surface area contributed by atoms with Gasteiger partial charge in [0.2, 0.25) is 5.78 Å². The minimum atomic E-state index is 0. The smallest absolute Gasteiger partial charge is 0.201 e. The van der Waals surface area contributed by atoms with Crippen LogP contribution in [-0.2, 0) is 13.0 Å². The molecule has 23 heavy (non-hydrogen) atoms. The second kappa shape index (κ2) is 10.0. The molecule has 1 saturated heterocycles. The lowest BCUT2D eigenvalue weighted by Gasteiger charge is -2.21. The predicted octanol–water partition coefficient (Wildman–Crippen LogP) is 3.46. The fourth-order valence-corrected chi connectivity index (χ4v) is 2.88. The summed E-state index contributed by atoms with van der Waals surface area (Å²) in [5, 5.41) is 3.30. The van der Waals surface area contributed by atoms with Gasteiger partial charge in [0.05, 0.1) is 0 Å². The van der Waals surface area contributed by atoms with Gasteiger partial charge in [-0.3, -0.25) is 4.79 Å². The lowest BCUT2D eigenvalue weighted by atomic mass is 9.93. The van der Waals surface area contributed by atoms with Gasteiger partial charge in [-0.15, -0.1) is 34.0 Å². The minimum absolute atomic E-state index is 0. The third-order valence-electron chi connectivity index (χ3n) is 4.13. The molecule has 1 aliphatic heterocycles. The fourth-order valence-electron chi connectivity index (χ4n) is 2.88. The van der Waals surface area contributed by atoms with Gasteiger partial charge in [0.25, 0.3) is 0 Å². The Morgan fingerprint density at radius 2 is 1.87 bits per heavy atom. The summed E-state index contributed by atoms with van der Waals surface area (Å²) in [5.41, 5.74) is 1.28. The van der Waals surface area contributed by atoms with E-state index < -0.39 is 0 Å². The molecule has 1 aromatic carbocycles. The van der Waals surface area contributed by atoms with Crippen molar-refractivity contribution in [2.45, 2.75) is 25.8 Å². The molecule has 2 heterocycles. The first kappa shape index (κ1) is 20.1. The number of carbonyl (C=O) groups is 1. The van der Waals surface area contributed by atoms with Crippen LogP contribution in [0.15, 0.2) is 42.7 Å². The van der Waals surface area contributed by atoms with Crippen LogP contribution in [0.25, 0.3) is 0 Å². The normalized spacial score (nSPS) is 14.6. The van der Waals surface area contributed by atoms with Crippen molar-refractivity contribution in [3.05, 3.63) is 54.1 Å². The average molecular weight is 445 g/mol. The van der Waals surface area contributed by atoms with Crippen LogP contribution in [0.4, 0.5) is 0 Å². The van der Waals surface area contributed by atoms with Crippen molar-refractivity contribution in [2.75, 3.05) is 13.1 Å². The number of aromatic nitrogens is 2. The summed E-state index contributed by atoms with van der Waals surface area (Å²) in [7, 11) is 0. The summed E-state index contributed by atoms with van der Waals surface area (Å²) in [6.07, 6.45) is 6.41. The maximum absolute atomic E-state index is 12.6. The van der Waals surface area contributed by atoms with Crippen LogP contribution in [0.1, 0.15) is 29.0 Å². The van der Waals surface area contributed by atoms with E-state index in [1.54, 1.807) is 6.20 Å². The number of carbonyl (C=O) groups excluding carboxylic acids is 1. The molecule has 3 rings (SSSR count). The molecule has 0 amide bonds. The number of Topliss-reactive ketones (excluding diaryl/α,β-unsaturated/α-hetero) is 1. The summed E-state index contributed by atoms with van der Waals surface area (Å²) < 4.78 is 2.00. The van der Waals surface area contributed by atoms with Gasteiger partial charge < -0.3 is 9.88 Å². The van der Waals surface area contributed by atoms with Crippen LogP contribution in [0.5, 0.6) is 0 Å². The first-order valence-corrected chi connectivity index (χ1v) is 7.64. The van der Waals surface area contributed by atoms with E-state index in [2.05, 4.69) is 22.4 Å². The highest BCUT2D eigenvalue weighted by Gasteiger charge is 2.25. The predicted molar refractivity (Wildman–Crippen MR) is 103 cm³/mol. The highest BCUT2D eigenvalue weighted by Crippen LogP contribution is 2.17. The third-order valence-corrected chi connectivity index (χ3v) is 4.13. The number of benzene rings is 1. The third kappa shape index (κ3) is 5.26. The molecule has 126 valence electrons. The van der Waals surface area contributed by atoms with E-state index in [0.29, 0.717) is 5.82 Å². The van der Waals surface area contributed by atoms with Crippen molar-refractivity contribution in [1.82, 2.24) is 14.9 Å². The monoisotopic (exact) mass is 443 g/mol. The molecule has 4 nitrogen and oxygen atoms in total. The molecule has 2 aromatic rings. The van der Waals surface area contributed by atoms with Crippen LogP contribution >= 0.6 is 34.0 Å². The molecule has 0 aliphatic carbocycles. The van der Waals surface area contributed by atoms with E-state index in [1.165, 1.54) is 5.56 Å². The largest absolute Gasteiger partial charge is 0.328 e. The van der Waals surface area contributed by atoms with Crippen molar-refractivity contribution in [3.63, 3.8) is 0 Å². The summed E-state index contributed by atoms with van der Waals surface area (Å²) in [6.45, 7) is 2.66. The molecule has 1 aliphatic rings. The summed E-state index contributed by atoms with van der Waals surface area (Å²) in [4.78, 5) is 16.9. The van der Waals surface area contributed by atoms with Crippen LogP contribution in [0, 0.1) is 5.92 Å². The molecular weight excluding hydrogens is 422 g/mol. The van der Waals surface area contributed by atoms with Crippen molar-refractivity contribution in [3.8, 4) is 0 Å². The number of rotatable bonds is 5. The van der Waals surface area contributed by atoms with Gasteiger partial charge in [-0.25, -0.2) is 4.98 Å². The number of halogens is 2. The number of aryl methyl sites for hydroxylation is 2. The van der Waals surface area contributed by atoms with Crippen LogP contribution in [0.3, 0.4) is 0 Å². The highest BCUT2D eigenvalue weighted by molar-refractivity contribution is 8.93. The SMILES string of the molecule is Br.Br.O=C(c1nccn1CCc1ccccc1)C1CCNCC1. The molecule has 1 fully saturated rings. The molecular formula is C17H23Br2N3O. The molecule has 0 radical (unpaired) electrons. The molecule has 6 heteroatoms. The number of hydrogen-bond donors (Lipinski definition) is 1. The summed E-state index contributed by atoms with van der Waals surface area (Å²) >= 11 is 0. The Bertz CT molecular complexity index is 595. The second-order valence-corrected chi connectivity index (χ2v) is 5.57. The van der Waals surface area contributed by atoms with E-state index in [0.717, 1.165) is 38.9 Å². The van der Waals surface area contributed by atoms with Crippen molar-refractivity contribution >= 4 is 39.7 Å². The lowest BCUT2D eigenvalue weighted by molar-refractivity contribution is 0.0879. The van der Waals surface area contributed by atoms with Gasteiger partial charge in [0.15, 0.2) is 5.82 Å². The zero-order chi connectivity index (χ0) is 14.5. The van der Waals surface area contributed by atoms with Crippen molar-refractivity contribution < 1.29 is 4.79 Å². The molecule has 0 spiro atoms. The Labute approximate surface area is 158 Å². The lowest BCUT2D eigenvalue weighted by Crippen LogP contribution is -2.33. The molecule has 0 unspecified atom stereocenters. The van der Waals surface area contributed by atoms with Gasteiger partial charge in [-0.1, -0.05) is 30.3 Å². The Kier molecular flexibility index (Phi) is 8.73. The molecule has 1 N–H and O–H groups in total. The second-order valence-electron chi connectivity index (χ2n) is 5.57. The van der Waals surface area contributed by atoms with E-state index in [9.17, 15) is 4.79 Å². The van der Waals surface area contributed by atoms with Crippen LogP contribution in [-0.4, -0.2) is 28.4 Å². The molecule has 0 atom stereocenters. The summed E-state index contributed by atoms with van der Waals surface area (Å²) in [5.74, 6) is 0.955. The Balaban J connectivity index is 0.00000132. The zero-order valence-corrected chi connectivity index (χ0v) is 16.4. The topological polar surface area (TPSA) is 46.9 Å². The average Bonchev–Trinajstić information content (AvgIpc) is 3.02. The Morgan fingerprint density at radius 1 is 1.17 bits per heavy atom. The molecule has 0 saturated carbocycles. The van der Waals surface area contributed by atoms with E-state index >= 15 is 0 Å². The maximum atomic E-state index is 12.6. The minimum Gasteiger partial charge on any atom is -0.328 e. The number of nitrogens with zero attached hydrogens (tertiary/aromatic N) is 2.